The largest absolute Gasteiger partial charge is 0.347 e. The normalized spacial score (nSPS) is 12.6. The Labute approximate surface area is 84.5 Å². The molecule has 1 aromatic heterocycles. The number of hydrogen-bond acceptors (Lipinski definition) is 2. The summed E-state index contributed by atoms with van der Waals surface area (Å²) in [5, 5.41) is 0. The van der Waals surface area contributed by atoms with Gasteiger partial charge < -0.3 is 9.47 Å². The van der Waals surface area contributed by atoms with Crippen molar-refractivity contribution in [3.8, 4) is 0 Å². The molecule has 4 heteroatoms. The Morgan fingerprint density at radius 1 is 1.50 bits per heavy atom. The molecular formula is C10H17N3O. The average Bonchev–Trinajstić information content (AvgIpc) is 2.45. The van der Waals surface area contributed by atoms with Gasteiger partial charge in [0.1, 0.15) is 6.04 Å². The number of aromatic nitrogens is 2. The van der Waals surface area contributed by atoms with Gasteiger partial charge in [0.05, 0.1) is 12.0 Å². The number of carbonyl (C=O) groups excluding carboxylic acids is 1. The molecule has 78 valence electrons. The van der Waals surface area contributed by atoms with E-state index in [1.165, 1.54) is 0 Å². The van der Waals surface area contributed by atoms with Crippen molar-refractivity contribution in [3.63, 3.8) is 0 Å². The Kier molecular flexibility index (Phi) is 2.93. The first-order chi connectivity index (χ1) is 6.45. The molecule has 0 aliphatic heterocycles. The minimum Gasteiger partial charge on any atom is -0.347 e. The zero-order valence-corrected chi connectivity index (χ0v) is 9.40. The molecule has 0 saturated heterocycles. The van der Waals surface area contributed by atoms with E-state index >= 15 is 0 Å². The number of carbonyl (C=O) groups is 1. The van der Waals surface area contributed by atoms with E-state index in [0.717, 1.165) is 11.4 Å². The quantitative estimate of drug-likeness (QED) is 0.710. The van der Waals surface area contributed by atoms with Crippen molar-refractivity contribution in [2.45, 2.75) is 26.8 Å². The number of imidazole rings is 1. The van der Waals surface area contributed by atoms with Crippen LogP contribution in [0.25, 0.3) is 0 Å². The van der Waals surface area contributed by atoms with Crippen LogP contribution < -0.4 is 0 Å². The first-order valence-electron chi connectivity index (χ1n) is 4.66. The fourth-order valence-corrected chi connectivity index (χ4v) is 1.40. The average molecular weight is 195 g/mol. The Hall–Kier alpha value is -1.32. The van der Waals surface area contributed by atoms with E-state index in [2.05, 4.69) is 4.98 Å². The lowest BCUT2D eigenvalue weighted by Gasteiger charge is -2.19. The summed E-state index contributed by atoms with van der Waals surface area (Å²) in [6.07, 6.45) is 1.72. The lowest BCUT2D eigenvalue weighted by molar-refractivity contribution is -0.131. The smallest absolute Gasteiger partial charge is 0.244 e. The molecule has 4 nitrogen and oxygen atoms in total. The standard InChI is InChI=1S/C10H17N3O/c1-7-8(2)13(6-11-7)9(3)10(14)12(4)5/h6,9H,1-5H3. The van der Waals surface area contributed by atoms with Crippen LogP contribution in [0, 0.1) is 13.8 Å². The molecule has 1 aromatic rings. The monoisotopic (exact) mass is 195 g/mol. The van der Waals surface area contributed by atoms with Gasteiger partial charge in [-0.15, -0.1) is 0 Å². The number of likely N-dealkylation sites (N-methyl/N-ethyl adjacent to an activating group) is 1. The van der Waals surface area contributed by atoms with E-state index in [1.54, 1.807) is 25.3 Å². The molecule has 0 saturated carbocycles. The molecule has 0 radical (unpaired) electrons. The highest BCUT2D eigenvalue weighted by Gasteiger charge is 2.18. The molecule has 0 aliphatic carbocycles. The highest BCUT2D eigenvalue weighted by atomic mass is 16.2. The van der Waals surface area contributed by atoms with Crippen LogP contribution >= 0.6 is 0 Å². The Balaban J connectivity index is 2.95. The molecule has 1 heterocycles. The van der Waals surface area contributed by atoms with Crippen molar-refractivity contribution < 1.29 is 4.79 Å². The molecule has 0 bridgehead atoms. The molecule has 1 amide bonds. The minimum absolute atomic E-state index is 0.0884. The van der Waals surface area contributed by atoms with Crippen LogP contribution in [0.2, 0.25) is 0 Å². The third kappa shape index (κ3) is 1.78. The maximum absolute atomic E-state index is 11.7. The summed E-state index contributed by atoms with van der Waals surface area (Å²) >= 11 is 0. The Bertz CT molecular complexity index is 341. The second kappa shape index (κ2) is 3.82. The van der Waals surface area contributed by atoms with E-state index in [4.69, 9.17) is 0 Å². The van der Waals surface area contributed by atoms with Gasteiger partial charge in [-0.2, -0.15) is 0 Å². The molecule has 1 unspecified atom stereocenters. The summed E-state index contributed by atoms with van der Waals surface area (Å²) in [5.74, 6) is 0.0884. The third-order valence-corrected chi connectivity index (χ3v) is 2.50. The van der Waals surface area contributed by atoms with Gasteiger partial charge in [0.25, 0.3) is 0 Å². The highest BCUT2D eigenvalue weighted by molar-refractivity contribution is 5.79. The van der Waals surface area contributed by atoms with E-state index in [9.17, 15) is 4.79 Å². The van der Waals surface area contributed by atoms with Crippen LogP contribution in [-0.2, 0) is 4.79 Å². The summed E-state index contributed by atoms with van der Waals surface area (Å²) in [6, 6.07) is -0.175. The SMILES string of the molecule is Cc1ncn(C(C)C(=O)N(C)C)c1C. The van der Waals surface area contributed by atoms with Crippen molar-refractivity contribution in [2.75, 3.05) is 14.1 Å². The summed E-state index contributed by atoms with van der Waals surface area (Å²) in [4.78, 5) is 17.4. The van der Waals surface area contributed by atoms with Crippen molar-refractivity contribution in [1.29, 1.82) is 0 Å². The molecule has 0 N–H and O–H groups in total. The van der Waals surface area contributed by atoms with Crippen LogP contribution in [0.5, 0.6) is 0 Å². The zero-order valence-electron chi connectivity index (χ0n) is 9.40. The highest BCUT2D eigenvalue weighted by Crippen LogP contribution is 2.13. The lowest BCUT2D eigenvalue weighted by Crippen LogP contribution is -2.30. The molecule has 0 aliphatic rings. The van der Waals surface area contributed by atoms with Crippen LogP contribution in [-0.4, -0.2) is 34.5 Å². The topological polar surface area (TPSA) is 38.1 Å². The number of hydrogen-bond donors (Lipinski definition) is 0. The maximum atomic E-state index is 11.7. The first kappa shape index (κ1) is 10.8. The van der Waals surface area contributed by atoms with Gasteiger partial charge >= 0.3 is 0 Å². The van der Waals surface area contributed by atoms with Crippen molar-refractivity contribution in [2.24, 2.45) is 0 Å². The van der Waals surface area contributed by atoms with Crippen LogP contribution in [0.3, 0.4) is 0 Å². The zero-order chi connectivity index (χ0) is 10.9. The lowest BCUT2D eigenvalue weighted by atomic mass is 10.2. The number of nitrogens with zero attached hydrogens (tertiary/aromatic N) is 3. The minimum atomic E-state index is -0.175. The third-order valence-electron chi connectivity index (χ3n) is 2.50. The number of amides is 1. The van der Waals surface area contributed by atoms with Crippen LogP contribution in [0.1, 0.15) is 24.4 Å². The molecular weight excluding hydrogens is 178 g/mol. The molecule has 0 aromatic carbocycles. The fraction of sp³-hybridized carbons (Fsp3) is 0.600. The summed E-state index contributed by atoms with van der Waals surface area (Å²) in [7, 11) is 3.52. The van der Waals surface area contributed by atoms with Crippen LogP contribution in [0.4, 0.5) is 0 Å². The Morgan fingerprint density at radius 3 is 2.43 bits per heavy atom. The van der Waals surface area contributed by atoms with Gasteiger partial charge in [-0.05, 0) is 20.8 Å². The second-order valence-corrected chi connectivity index (χ2v) is 3.73. The molecule has 0 spiro atoms. The van der Waals surface area contributed by atoms with E-state index < -0.39 is 0 Å². The van der Waals surface area contributed by atoms with Crippen molar-refractivity contribution >= 4 is 5.91 Å². The summed E-state index contributed by atoms with van der Waals surface area (Å²) in [5.41, 5.74) is 2.02. The van der Waals surface area contributed by atoms with Gasteiger partial charge in [-0.3, -0.25) is 4.79 Å². The number of rotatable bonds is 2. The van der Waals surface area contributed by atoms with Gasteiger partial charge in [-0.25, -0.2) is 4.98 Å². The predicted octanol–water partition coefficient (Wildman–Crippen LogP) is 1.15. The van der Waals surface area contributed by atoms with Gasteiger partial charge in [0, 0.05) is 19.8 Å². The van der Waals surface area contributed by atoms with Gasteiger partial charge in [0.2, 0.25) is 5.91 Å². The maximum Gasteiger partial charge on any atom is 0.244 e. The van der Waals surface area contributed by atoms with Gasteiger partial charge in [0.15, 0.2) is 0 Å². The molecule has 1 rings (SSSR count). The van der Waals surface area contributed by atoms with Crippen molar-refractivity contribution in [3.05, 3.63) is 17.7 Å². The molecule has 0 fully saturated rings. The molecule has 14 heavy (non-hydrogen) atoms. The first-order valence-corrected chi connectivity index (χ1v) is 4.66. The summed E-state index contributed by atoms with van der Waals surface area (Å²) in [6.45, 7) is 5.80. The number of aryl methyl sites for hydroxylation is 1. The Morgan fingerprint density at radius 2 is 2.07 bits per heavy atom. The van der Waals surface area contributed by atoms with Gasteiger partial charge in [-0.1, -0.05) is 0 Å². The van der Waals surface area contributed by atoms with Crippen LogP contribution in [0.15, 0.2) is 6.33 Å². The van der Waals surface area contributed by atoms with Crippen molar-refractivity contribution in [1.82, 2.24) is 14.5 Å². The van der Waals surface area contributed by atoms with E-state index in [-0.39, 0.29) is 11.9 Å². The van der Waals surface area contributed by atoms with E-state index in [0.29, 0.717) is 0 Å². The second-order valence-electron chi connectivity index (χ2n) is 3.73. The molecule has 1 atom stereocenters. The van der Waals surface area contributed by atoms with E-state index in [1.807, 2.05) is 25.3 Å². The predicted molar refractivity (Wildman–Crippen MR) is 55.1 cm³/mol. The fourth-order valence-electron chi connectivity index (χ4n) is 1.40. The summed E-state index contributed by atoms with van der Waals surface area (Å²) < 4.78 is 1.90.